The lowest BCUT2D eigenvalue weighted by atomic mass is 10.2. The summed E-state index contributed by atoms with van der Waals surface area (Å²) in [6.45, 7) is 0.378. The molecule has 0 saturated carbocycles. The third-order valence-electron chi connectivity index (χ3n) is 3.71. The van der Waals surface area contributed by atoms with Crippen LogP contribution in [0.25, 0.3) is 6.08 Å². The number of aromatic hydroxyl groups is 1. The summed E-state index contributed by atoms with van der Waals surface area (Å²) in [5.74, 6) is 0.383. The molecule has 3 rings (SSSR count). The molecule has 0 bridgehead atoms. The van der Waals surface area contributed by atoms with Gasteiger partial charge in [-0.15, -0.1) is 0 Å². The van der Waals surface area contributed by atoms with E-state index in [2.05, 4.69) is 0 Å². The van der Waals surface area contributed by atoms with Crippen LogP contribution >= 0.6 is 47.2 Å². The summed E-state index contributed by atoms with van der Waals surface area (Å²) in [7, 11) is 1.60. The summed E-state index contributed by atoms with van der Waals surface area (Å²) in [5, 5.41) is 9.88. The second-order valence-electron chi connectivity index (χ2n) is 5.45. The Hall–Kier alpha value is -1.73. The Labute approximate surface area is 170 Å². The maximum Gasteiger partial charge on any atom is 0.266 e. The molecule has 1 aliphatic heterocycles. The zero-order chi connectivity index (χ0) is 18.8. The van der Waals surface area contributed by atoms with Crippen LogP contribution in [-0.2, 0) is 11.3 Å². The molecule has 0 aromatic heterocycles. The van der Waals surface area contributed by atoms with E-state index in [1.165, 1.54) is 16.7 Å². The van der Waals surface area contributed by atoms with Crippen LogP contribution < -0.4 is 4.74 Å². The van der Waals surface area contributed by atoms with Crippen LogP contribution in [0.15, 0.2) is 41.3 Å². The molecule has 0 unspecified atom stereocenters. The molecule has 1 amide bonds. The van der Waals surface area contributed by atoms with Crippen molar-refractivity contribution in [2.24, 2.45) is 0 Å². The number of carbonyl (C=O) groups excluding carboxylic acids is 1. The molecular weight excluding hydrogens is 413 g/mol. The zero-order valence-corrected chi connectivity index (χ0v) is 16.7. The van der Waals surface area contributed by atoms with Crippen LogP contribution in [0, 0.1) is 0 Å². The molecule has 0 atom stereocenters. The van der Waals surface area contributed by atoms with Gasteiger partial charge in [-0.3, -0.25) is 9.69 Å². The van der Waals surface area contributed by atoms with Gasteiger partial charge in [0.25, 0.3) is 5.91 Å². The quantitative estimate of drug-likeness (QED) is 0.544. The van der Waals surface area contributed by atoms with E-state index in [1.54, 1.807) is 25.3 Å². The third kappa shape index (κ3) is 3.99. The van der Waals surface area contributed by atoms with Gasteiger partial charge in [0.2, 0.25) is 0 Å². The fourth-order valence-corrected chi connectivity index (χ4v) is 4.13. The number of ether oxygens (including phenoxy) is 1. The second-order valence-corrected chi connectivity index (χ2v) is 7.94. The lowest BCUT2D eigenvalue weighted by molar-refractivity contribution is -0.122. The number of thiocarbonyl (C=S) groups is 1. The minimum absolute atomic E-state index is 0.123. The van der Waals surface area contributed by atoms with E-state index in [4.69, 9.17) is 40.2 Å². The van der Waals surface area contributed by atoms with Crippen molar-refractivity contribution < 1.29 is 14.6 Å². The minimum atomic E-state index is -0.184. The Morgan fingerprint density at radius 1 is 1.23 bits per heavy atom. The predicted molar refractivity (Wildman–Crippen MR) is 110 cm³/mol. The number of phenolic OH excluding ortho intramolecular Hbond substituents is 1. The van der Waals surface area contributed by atoms with Crippen LogP contribution in [0.5, 0.6) is 11.5 Å². The molecule has 1 saturated heterocycles. The van der Waals surface area contributed by atoms with Gasteiger partial charge in [0.05, 0.1) is 28.6 Å². The molecule has 1 N–H and O–H groups in total. The van der Waals surface area contributed by atoms with Crippen LogP contribution in [0.4, 0.5) is 0 Å². The van der Waals surface area contributed by atoms with E-state index in [9.17, 15) is 9.90 Å². The summed E-state index contributed by atoms with van der Waals surface area (Å²) >= 11 is 18.4. The van der Waals surface area contributed by atoms with E-state index >= 15 is 0 Å². The van der Waals surface area contributed by atoms with E-state index in [1.807, 2.05) is 24.3 Å². The number of nitrogens with zero attached hydrogens (tertiary/aromatic N) is 1. The molecular formula is C18H13Cl2NO3S2. The summed E-state index contributed by atoms with van der Waals surface area (Å²) < 4.78 is 5.61. The lowest BCUT2D eigenvalue weighted by Gasteiger charge is -2.14. The highest BCUT2D eigenvalue weighted by molar-refractivity contribution is 8.26. The van der Waals surface area contributed by atoms with Gasteiger partial charge >= 0.3 is 0 Å². The Morgan fingerprint density at radius 2 is 1.85 bits per heavy atom. The van der Waals surface area contributed by atoms with Crippen molar-refractivity contribution in [3.63, 3.8) is 0 Å². The monoisotopic (exact) mass is 425 g/mol. The Balaban J connectivity index is 1.82. The van der Waals surface area contributed by atoms with Crippen molar-refractivity contribution in [3.05, 3.63) is 62.5 Å². The average Bonchev–Trinajstić information content (AvgIpc) is 2.87. The first kappa shape index (κ1) is 19.0. The predicted octanol–water partition coefficient (Wildman–Crippen LogP) is 5.11. The highest BCUT2D eigenvalue weighted by Gasteiger charge is 2.32. The molecule has 1 aliphatic rings. The SMILES string of the molecule is COc1ccc(CN2C(=O)/C(=C/c3cc(Cl)c(O)c(Cl)c3)SC2=S)cc1. The summed E-state index contributed by atoms with van der Waals surface area (Å²) in [4.78, 5) is 14.7. The van der Waals surface area contributed by atoms with Gasteiger partial charge in [-0.05, 0) is 41.5 Å². The topological polar surface area (TPSA) is 49.8 Å². The van der Waals surface area contributed by atoms with E-state index in [-0.39, 0.29) is 21.7 Å². The van der Waals surface area contributed by atoms with Gasteiger partial charge in [-0.2, -0.15) is 0 Å². The number of hydrogen-bond donors (Lipinski definition) is 1. The highest BCUT2D eigenvalue weighted by Crippen LogP contribution is 2.37. The molecule has 2 aromatic carbocycles. The molecule has 0 radical (unpaired) electrons. The first-order valence-corrected chi connectivity index (χ1v) is 9.43. The fraction of sp³-hybridized carbons (Fsp3) is 0.111. The minimum Gasteiger partial charge on any atom is -0.505 e. The second kappa shape index (κ2) is 7.88. The third-order valence-corrected chi connectivity index (χ3v) is 5.66. The van der Waals surface area contributed by atoms with Crippen molar-refractivity contribution in [3.8, 4) is 11.5 Å². The van der Waals surface area contributed by atoms with Crippen molar-refractivity contribution in [1.29, 1.82) is 0 Å². The van der Waals surface area contributed by atoms with Gasteiger partial charge in [0.1, 0.15) is 10.1 Å². The zero-order valence-electron chi connectivity index (χ0n) is 13.5. The van der Waals surface area contributed by atoms with Gasteiger partial charge in [-0.1, -0.05) is 59.3 Å². The van der Waals surface area contributed by atoms with Crippen molar-refractivity contribution >= 4 is 63.5 Å². The molecule has 2 aromatic rings. The lowest BCUT2D eigenvalue weighted by Crippen LogP contribution is -2.27. The normalized spacial score (nSPS) is 15.8. The summed E-state index contributed by atoms with van der Waals surface area (Å²) in [5.41, 5.74) is 1.56. The molecule has 8 heteroatoms. The van der Waals surface area contributed by atoms with Gasteiger partial charge in [0, 0.05) is 0 Å². The number of methoxy groups -OCH3 is 1. The summed E-state index contributed by atoms with van der Waals surface area (Å²) in [6, 6.07) is 10.5. The van der Waals surface area contributed by atoms with Crippen molar-refractivity contribution in [2.75, 3.05) is 7.11 Å². The molecule has 1 fully saturated rings. The van der Waals surface area contributed by atoms with Crippen LogP contribution in [0.3, 0.4) is 0 Å². The number of hydrogen-bond acceptors (Lipinski definition) is 5. The molecule has 1 heterocycles. The molecule has 134 valence electrons. The van der Waals surface area contributed by atoms with Gasteiger partial charge in [0.15, 0.2) is 5.75 Å². The van der Waals surface area contributed by atoms with Gasteiger partial charge < -0.3 is 9.84 Å². The first-order chi connectivity index (χ1) is 12.4. The van der Waals surface area contributed by atoms with Crippen LogP contribution in [0.1, 0.15) is 11.1 Å². The number of rotatable bonds is 4. The number of halogens is 2. The van der Waals surface area contributed by atoms with Gasteiger partial charge in [-0.25, -0.2) is 0 Å². The maximum atomic E-state index is 12.7. The summed E-state index contributed by atoms with van der Waals surface area (Å²) in [6.07, 6.45) is 1.66. The van der Waals surface area contributed by atoms with Crippen LogP contribution in [0.2, 0.25) is 10.0 Å². The Morgan fingerprint density at radius 3 is 2.42 bits per heavy atom. The van der Waals surface area contributed by atoms with E-state index in [0.29, 0.717) is 21.3 Å². The number of amides is 1. The average molecular weight is 426 g/mol. The largest absolute Gasteiger partial charge is 0.505 e. The standard InChI is InChI=1S/C18H13Cl2NO3S2/c1-24-12-4-2-10(3-5-12)9-21-17(23)15(26-18(21)25)8-11-6-13(19)16(22)14(20)7-11/h2-8,22H,9H2,1H3/b15-8-. The maximum absolute atomic E-state index is 12.7. The van der Waals surface area contributed by atoms with E-state index < -0.39 is 0 Å². The Kier molecular flexibility index (Phi) is 5.77. The van der Waals surface area contributed by atoms with E-state index in [0.717, 1.165) is 11.3 Å². The smallest absolute Gasteiger partial charge is 0.266 e. The fourth-order valence-electron chi connectivity index (χ4n) is 2.37. The van der Waals surface area contributed by atoms with Crippen LogP contribution in [-0.4, -0.2) is 27.3 Å². The molecule has 0 spiro atoms. The van der Waals surface area contributed by atoms with Crippen molar-refractivity contribution in [2.45, 2.75) is 6.54 Å². The molecule has 0 aliphatic carbocycles. The number of benzene rings is 2. The van der Waals surface area contributed by atoms with Crippen molar-refractivity contribution in [1.82, 2.24) is 4.90 Å². The molecule has 26 heavy (non-hydrogen) atoms. The number of carbonyl (C=O) groups is 1. The number of phenols is 1. The molecule has 4 nitrogen and oxygen atoms in total. The highest BCUT2D eigenvalue weighted by atomic mass is 35.5. The Bertz CT molecular complexity index is 890. The first-order valence-electron chi connectivity index (χ1n) is 7.45. The number of thioether (sulfide) groups is 1.